The van der Waals surface area contributed by atoms with Crippen molar-refractivity contribution in [3.05, 3.63) is 91.0 Å². The second-order valence-corrected chi connectivity index (χ2v) is 8.27. The van der Waals surface area contributed by atoms with E-state index in [-0.39, 0.29) is 0 Å². The summed E-state index contributed by atoms with van der Waals surface area (Å²) < 4.78 is 2.48. The minimum Gasteiger partial charge on any atom is -0.354 e. The second kappa shape index (κ2) is 4.92. The monoisotopic (exact) mass is 380 g/mol. The Morgan fingerprint density at radius 3 is 1.80 bits per heavy atom. The van der Waals surface area contributed by atoms with E-state index < -0.39 is 0 Å². The lowest BCUT2D eigenvalue weighted by Crippen LogP contribution is -1.84. The molecule has 0 radical (unpaired) electrons. The van der Waals surface area contributed by atoms with Crippen molar-refractivity contribution >= 4 is 70.7 Å². The fourth-order valence-electron chi connectivity index (χ4n) is 5.64. The Balaban J connectivity index is 1.70. The van der Waals surface area contributed by atoms with Gasteiger partial charge in [-0.2, -0.15) is 0 Å². The Morgan fingerprint density at radius 1 is 0.433 bits per heavy atom. The number of nitrogens with one attached hydrogen (secondary N) is 1. The number of hydrogen-bond acceptors (Lipinski definition) is 0. The van der Waals surface area contributed by atoms with Crippen LogP contribution >= 0.6 is 0 Å². The minimum atomic E-state index is 1.19. The van der Waals surface area contributed by atoms with Gasteiger partial charge in [0.1, 0.15) is 0 Å². The summed E-state index contributed by atoms with van der Waals surface area (Å²) in [4.78, 5) is 3.68. The zero-order valence-electron chi connectivity index (χ0n) is 16.1. The van der Waals surface area contributed by atoms with Crippen LogP contribution in [0.15, 0.2) is 91.0 Å². The summed E-state index contributed by atoms with van der Waals surface area (Å²) in [5.41, 5.74) is 6.33. The fraction of sp³-hybridized carbons (Fsp3) is 0. The lowest BCUT2D eigenvalue weighted by Gasteiger charge is -2.05. The van der Waals surface area contributed by atoms with Gasteiger partial charge in [-0.05, 0) is 12.1 Å². The van der Waals surface area contributed by atoms with E-state index in [4.69, 9.17) is 0 Å². The van der Waals surface area contributed by atoms with Crippen LogP contribution in [0.5, 0.6) is 0 Å². The third kappa shape index (κ3) is 1.56. The van der Waals surface area contributed by atoms with Crippen molar-refractivity contribution in [3.63, 3.8) is 0 Å². The van der Waals surface area contributed by atoms with Gasteiger partial charge in [0.15, 0.2) is 0 Å². The SMILES string of the molecule is c1ccc2c(c1)[nH]c1c2ccc2c1ccc1c3cccc4c5ccccc5n(c21)c43. The highest BCUT2D eigenvalue weighted by Gasteiger charge is 2.19. The molecule has 0 saturated heterocycles. The largest absolute Gasteiger partial charge is 0.354 e. The number of aromatic amines is 1. The molecule has 2 heteroatoms. The van der Waals surface area contributed by atoms with Gasteiger partial charge in [-0.25, -0.2) is 0 Å². The molecule has 8 rings (SSSR count). The van der Waals surface area contributed by atoms with Crippen molar-refractivity contribution in [3.8, 4) is 0 Å². The Bertz CT molecular complexity index is 1950. The minimum absolute atomic E-state index is 1.19. The summed E-state index contributed by atoms with van der Waals surface area (Å²) in [5.74, 6) is 0. The molecule has 8 aromatic rings. The van der Waals surface area contributed by atoms with E-state index in [2.05, 4.69) is 100 Å². The highest BCUT2D eigenvalue weighted by Crippen LogP contribution is 2.42. The molecule has 0 atom stereocenters. The normalized spacial score (nSPS) is 12.7. The molecular weight excluding hydrogens is 364 g/mol. The summed E-state index contributed by atoms with van der Waals surface area (Å²) in [5, 5.41) is 10.5. The van der Waals surface area contributed by atoms with Gasteiger partial charge >= 0.3 is 0 Å². The third-order valence-electron chi connectivity index (χ3n) is 6.86. The summed E-state index contributed by atoms with van der Waals surface area (Å²) in [6.07, 6.45) is 0. The van der Waals surface area contributed by atoms with Gasteiger partial charge in [0.2, 0.25) is 0 Å². The summed E-state index contributed by atoms with van der Waals surface area (Å²) in [6, 6.07) is 33.2. The Hall–Kier alpha value is -4.04. The molecule has 0 aliphatic rings. The van der Waals surface area contributed by atoms with Crippen LogP contribution in [0.4, 0.5) is 0 Å². The first kappa shape index (κ1) is 14.9. The molecule has 5 aromatic carbocycles. The molecule has 30 heavy (non-hydrogen) atoms. The topological polar surface area (TPSA) is 20.2 Å². The predicted octanol–water partition coefficient (Wildman–Crippen LogP) is 7.62. The number of rotatable bonds is 0. The Morgan fingerprint density at radius 2 is 0.967 bits per heavy atom. The highest BCUT2D eigenvalue weighted by molar-refractivity contribution is 6.29. The summed E-state index contributed by atoms with van der Waals surface area (Å²) >= 11 is 0. The van der Waals surface area contributed by atoms with Crippen LogP contribution < -0.4 is 0 Å². The molecule has 138 valence electrons. The molecule has 0 spiro atoms. The quantitative estimate of drug-likeness (QED) is 0.279. The van der Waals surface area contributed by atoms with Crippen LogP contribution in [0.25, 0.3) is 70.7 Å². The lowest BCUT2D eigenvalue weighted by molar-refractivity contribution is 1.38. The van der Waals surface area contributed by atoms with Crippen LogP contribution in [0.1, 0.15) is 0 Å². The standard InChI is InChI=1S/C28H16N2/c1-3-10-24-16(6-1)18-12-14-22-19(26(18)29-24)13-15-23-21-9-5-8-20-17-7-2-4-11-25(17)30(27(20)21)28(22)23/h1-15,29H. The van der Waals surface area contributed by atoms with Crippen molar-refractivity contribution in [2.45, 2.75) is 0 Å². The molecule has 0 unspecified atom stereocenters. The van der Waals surface area contributed by atoms with Gasteiger partial charge in [-0.1, -0.05) is 78.9 Å². The molecule has 0 amide bonds. The van der Waals surface area contributed by atoms with Crippen molar-refractivity contribution in [2.24, 2.45) is 0 Å². The van der Waals surface area contributed by atoms with Crippen LogP contribution in [-0.4, -0.2) is 9.38 Å². The van der Waals surface area contributed by atoms with Gasteiger partial charge in [-0.3, -0.25) is 0 Å². The first-order chi connectivity index (χ1) is 14.9. The molecule has 0 bridgehead atoms. The van der Waals surface area contributed by atoms with Crippen molar-refractivity contribution in [1.82, 2.24) is 9.38 Å². The van der Waals surface area contributed by atoms with E-state index in [1.54, 1.807) is 0 Å². The van der Waals surface area contributed by atoms with E-state index in [0.717, 1.165) is 0 Å². The fourth-order valence-corrected chi connectivity index (χ4v) is 5.64. The van der Waals surface area contributed by atoms with Crippen molar-refractivity contribution < 1.29 is 0 Å². The molecule has 3 aromatic heterocycles. The molecule has 0 saturated carbocycles. The second-order valence-electron chi connectivity index (χ2n) is 8.27. The molecule has 2 nitrogen and oxygen atoms in total. The maximum atomic E-state index is 3.68. The highest BCUT2D eigenvalue weighted by atomic mass is 14.9. The predicted molar refractivity (Wildman–Crippen MR) is 128 cm³/mol. The maximum absolute atomic E-state index is 3.68. The van der Waals surface area contributed by atoms with E-state index >= 15 is 0 Å². The van der Waals surface area contributed by atoms with Crippen LogP contribution in [0.2, 0.25) is 0 Å². The number of nitrogens with zero attached hydrogens (tertiary/aromatic N) is 1. The zero-order chi connectivity index (χ0) is 19.4. The van der Waals surface area contributed by atoms with E-state index in [1.807, 2.05) is 0 Å². The molecule has 1 N–H and O–H groups in total. The summed E-state index contributed by atoms with van der Waals surface area (Å²) in [6.45, 7) is 0. The average molecular weight is 380 g/mol. The molecule has 0 aliphatic carbocycles. The van der Waals surface area contributed by atoms with Crippen LogP contribution in [-0.2, 0) is 0 Å². The smallest absolute Gasteiger partial charge is 0.0620 e. The first-order valence-corrected chi connectivity index (χ1v) is 10.4. The number of para-hydroxylation sites is 3. The number of fused-ring (bicyclic) bond motifs is 12. The Kier molecular flexibility index (Phi) is 2.44. The molecule has 3 heterocycles. The van der Waals surface area contributed by atoms with Crippen molar-refractivity contribution in [1.29, 1.82) is 0 Å². The molecular formula is C28H16N2. The Labute approximate surface area is 171 Å². The first-order valence-electron chi connectivity index (χ1n) is 10.4. The maximum Gasteiger partial charge on any atom is 0.0620 e. The molecule has 0 aliphatic heterocycles. The van der Waals surface area contributed by atoms with Crippen LogP contribution in [0.3, 0.4) is 0 Å². The third-order valence-corrected chi connectivity index (χ3v) is 6.86. The van der Waals surface area contributed by atoms with E-state index in [1.165, 1.54) is 70.7 Å². The van der Waals surface area contributed by atoms with E-state index in [9.17, 15) is 0 Å². The van der Waals surface area contributed by atoms with E-state index in [0.29, 0.717) is 0 Å². The summed E-state index contributed by atoms with van der Waals surface area (Å²) in [7, 11) is 0. The average Bonchev–Trinajstić information content (AvgIpc) is 3.45. The number of benzene rings is 5. The van der Waals surface area contributed by atoms with Crippen molar-refractivity contribution in [2.75, 3.05) is 0 Å². The van der Waals surface area contributed by atoms with Gasteiger partial charge in [-0.15, -0.1) is 0 Å². The van der Waals surface area contributed by atoms with Gasteiger partial charge < -0.3 is 9.38 Å². The number of H-pyrrole nitrogens is 1. The van der Waals surface area contributed by atoms with Gasteiger partial charge in [0.05, 0.1) is 22.1 Å². The van der Waals surface area contributed by atoms with Gasteiger partial charge in [0.25, 0.3) is 0 Å². The van der Waals surface area contributed by atoms with Crippen LogP contribution in [0, 0.1) is 0 Å². The number of hydrogen-bond donors (Lipinski definition) is 1. The zero-order valence-corrected chi connectivity index (χ0v) is 16.1. The lowest BCUT2D eigenvalue weighted by atomic mass is 10.0. The van der Waals surface area contributed by atoms with Gasteiger partial charge in [0, 0.05) is 48.6 Å². The molecule has 0 fully saturated rings. The number of aromatic nitrogens is 2.